The van der Waals surface area contributed by atoms with Crippen molar-refractivity contribution in [1.82, 2.24) is 10.2 Å². The van der Waals surface area contributed by atoms with Gasteiger partial charge in [0.15, 0.2) is 5.82 Å². The maximum Gasteiger partial charge on any atom is 0.150 e. The zero-order chi connectivity index (χ0) is 13.2. The Morgan fingerprint density at radius 2 is 2.05 bits per heavy atom. The molecular weight excluding hydrogens is 243 g/mol. The normalized spacial score (nSPS) is 16.8. The van der Waals surface area contributed by atoms with E-state index in [-0.39, 0.29) is 5.82 Å². The van der Waals surface area contributed by atoms with Crippen LogP contribution in [0, 0.1) is 5.82 Å². The number of rotatable bonds is 2. The van der Waals surface area contributed by atoms with E-state index in [0.717, 1.165) is 43.0 Å². The summed E-state index contributed by atoms with van der Waals surface area (Å²) in [5, 5.41) is 7.28. The maximum absolute atomic E-state index is 13.2. The van der Waals surface area contributed by atoms with E-state index in [4.69, 9.17) is 5.73 Å². The number of anilines is 1. The molecule has 1 aromatic carbocycles. The van der Waals surface area contributed by atoms with Crippen molar-refractivity contribution < 1.29 is 4.39 Å². The third-order valence-electron chi connectivity index (χ3n) is 3.56. The topological polar surface area (TPSA) is 57.9 Å². The van der Waals surface area contributed by atoms with Gasteiger partial charge in [0.05, 0.1) is 5.69 Å². The predicted octanol–water partition coefficient (Wildman–Crippen LogP) is 2.14. The van der Waals surface area contributed by atoms with E-state index in [1.165, 1.54) is 12.1 Å². The SMILES string of the molecule is NC1CCN(c2cc(-c3cccc(F)c3)[nH]n2)CC1. The van der Waals surface area contributed by atoms with E-state index in [0.29, 0.717) is 6.04 Å². The number of aromatic amines is 1. The highest BCUT2D eigenvalue weighted by Gasteiger charge is 2.18. The van der Waals surface area contributed by atoms with Crippen LogP contribution in [0.25, 0.3) is 11.3 Å². The van der Waals surface area contributed by atoms with Crippen LogP contribution in [0.1, 0.15) is 12.8 Å². The highest BCUT2D eigenvalue weighted by Crippen LogP contribution is 2.24. The third kappa shape index (κ3) is 2.61. The molecule has 100 valence electrons. The molecule has 0 spiro atoms. The highest BCUT2D eigenvalue weighted by atomic mass is 19.1. The Labute approximate surface area is 111 Å². The van der Waals surface area contributed by atoms with Gasteiger partial charge in [0.2, 0.25) is 0 Å². The summed E-state index contributed by atoms with van der Waals surface area (Å²) >= 11 is 0. The Bertz CT molecular complexity index is 558. The third-order valence-corrected chi connectivity index (χ3v) is 3.56. The second-order valence-electron chi connectivity index (χ2n) is 4.97. The number of benzene rings is 1. The van der Waals surface area contributed by atoms with E-state index in [9.17, 15) is 4.39 Å². The number of hydrogen-bond donors (Lipinski definition) is 2. The van der Waals surface area contributed by atoms with Gasteiger partial charge in [-0.05, 0) is 25.0 Å². The van der Waals surface area contributed by atoms with Crippen LogP contribution in [0.2, 0.25) is 0 Å². The molecule has 4 nitrogen and oxygen atoms in total. The van der Waals surface area contributed by atoms with Gasteiger partial charge in [-0.15, -0.1) is 0 Å². The number of nitrogens with two attached hydrogens (primary N) is 1. The van der Waals surface area contributed by atoms with Gasteiger partial charge in [0, 0.05) is 30.8 Å². The molecule has 1 aliphatic rings. The van der Waals surface area contributed by atoms with Crippen molar-refractivity contribution in [2.75, 3.05) is 18.0 Å². The average Bonchev–Trinajstić information content (AvgIpc) is 2.89. The zero-order valence-corrected chi connectivity index (χ0v) is 10.6. The molecular formula is C14H17FN4. The minimum Gasteiger partial charge on any atom is -0.355 e. The molecule has 5 heteroatoms. The number of nitrogens with one attached hydrogen (secondary N) is 1. The Morgan fingerprint density at radius 3 is 2.79 bits per heavy atom. The first-order valence-electron chi connectivity index (χ1n) is 6.54. The van der Waals surface area contributed by atoms with Gasteiger partial charge in [0.1, 0.15) is 5.82 Å². The summed E-state index contributed by atoms with van der Waals surface area (Å²) < 4.78 is 13.2. The van der Waals surface area contributed by atoms with Gasteiger partial charge in [-0.3, -0.25) is 5.10 Å². The zero-order valence-electron chi connectivity index (χ0n) is 10.6. The lowest BCUT2D eigenvalue weighted by atomic mass is 10.1. The lowest BCUT2D eigenvalue weighted by Gasteiger charge is -2.29. The van der Waals surface area contributed by atoms with Gasteiger partial charge in [-0.1, -0.05) is 12.1 Å². The fourth-order valence-electron chi connectivity index (χ4n) is 2.41. The van der Waals surface area contributed by atoms with E-state index in [1.807, 2.05) is 12.1 Å². The largest absolute Gasteiger partial charge is 0.355 e. The Kier molecular flexibility index (Phi) is 3.21. The molecule has 1 aromatic heterocycles. The molecule has 1 saturated heterocycles. The van der Waals surface area contributed by atoms with Gasteiger partial charge >= 0.3 is 0 Å². The van der Waals surface area contributed by atoms with Crippen LogP contribution < -0.4 is 10.6 Å². The number of H-pyrrole nitrogens is 1. The second kappa shape index (κ2) is 5.01. The summed E-state index contributed by atoms with van der Waals surface area (Å²) in [7, 11) is 0. The minimum atomic E-state index is -0.238. The van der Waals surface area contributed by atoms with Crippen molar-refractivity contribution in [2.24, 2.45) is 5.73 Å². The Morgan fingerprint density at radius 1 is 1.26 bits per heavy atom. The van der Waals surface area contributed by atoms with Crippen molar-refractivity contribution in [3.8, 4) is 11.3 Å². The van der Waals surface area contributed by atoms with Crippen molar-refractivity contribution in [3.05, 3.63) is 36.1 Å². The molecule has 0 aliphatic carbocycles. The van der Waals surface area contributed by atoms with Gasteiger partial charge in [-0.25, -0.2) is 4.39 Å². The van der Waals surface area contributed by atoms with Gasteiger partial charge < -0.3 is 10.6 Å². The Hall–Kier alpha value is -1.88. The van der Waals surface area contributed by atoms with Crippen molar-refractivity contribution >= 4 is 5.82 Å². The van der Waals surface area contributed by atoms with Crippen molar-refractivity contribution in [1.29, 1.82) is 0 Å². The molecule has 0 unspecified atom stereocenters. The molecule has 0 atom stereocenters. The molecule has 3 rings (SSSR count). The summed E-state index contributed by atoms with van der Waals surface area (Å²) in [6.45, 7) is 1.85. The summed E-state index contributed by atoms with van der Waals surface area (Å²) in [5.74, 6) is 0.670. The summed E-state index contributed by atoms with van der Waals surface area (Å²) in [6.07, 6.45) is 1.98. The van der Waals surface area contributed by atoms with Gasteiger partial charge in [0.25, 0.3) is 0 Å². The van der Waals surface area contributed by atoms with Crippen LogP contribution in [0.4, 0.5) is 10.2 Å². The molecule has 1 fully saturated rings. The number of aromatic nitrogens is 2. The first-order valence-corrected chi connectivity index (χ1v) is 6.54. The van der Waals surface area contributed by atoms with Gasteiger partial charge in [-0.2, -0.15) is 5.10 Å². The maximum atomic E-state index is 13.2. The number of nitrogens with zero attached hydrogens (tertiary/aromatic N) is 2. The average molecular weight is 260 g/mol. The van der Waals surface area contributed by atoms with Crippen LogP contribution in [-0.4, -0.2) is 29.3 Å². The lowest BCUT2D eigenvalue weighted by molar-refractivity contribution is 0.498. The molecule has 2 heterocycles. The Balaban J connectivity index is 1.80. The predicted molar refractivity (Wildman–Crippen MR) is 73.4 cm³/mol. The van der Waals surface area contributed by atoms with Crippen LogP contribution in [-0.2, 0) is 0 Å². The molecule has 19 heavy (non-hydrogen) atoms. The van der Waals surface area contributed by atoms with E-state index >= 15 is 0 Å². The van der Waals surface area contributed by atoms with E-state index in [2.05, 4.69) is 15.1 Å². The first-order chi connectivity index (χ1) is 9.22. The number of halogens is 1. The molecule has 1 aliphatic heterocycles. The second-order valence-corrected chi connectivity index (χ2v) is 4.97. The van der Waals surface area contributed by atoms with E-state index in [1.54, 1.807) is 6.07 Å². The molecule has 0 radical (unpaired) electrons. The van der Waals surface area contributed by atoms with E-state index < -0.39 is 0 Å². The summed E-state index contributed by atoms with van der Waals surface area (Å²) in [5.41, 5.74) is 7.54. The van der Waals surface area contributed by atoms with Crippen molar-refractivity contribution in [3.63, 3.8) is 0 Å². The van der Waals surface area contributed by atoms with Crippen molar-refractivity contribution in [2.45, 2.75) is 18.9 Å². The molecule has 0 saturated carbocycles. The fourth-order valence-corrected chi connectivity index (χ4v) is 2.41. The van der Waals surface area contributed by atoms with Crippen LogP contribution in [0.15, 0.2) is 30.3 Å². The fraction of sp³-hybridized carbons (Fsp3) is 0.357. The van der Waals surface area contributed by atoms with Crippen LogP contribution >= 0.6 is 0 Å². The quantitative estimate of drug-likeness (QED) is 0.869. The lowest BCUT2D eigenvalue weighted by Crippen LogP contribution is -2.39. The number of hydrogen-bond acceptors (Lipinski definition) is 3. The molecule has 0 amide bonds. The number of piperidine rings is 1. The monoisotopic (exact) mass is 260 g/mol. The highest BCUT2D eigenvalue weighted by molar-refractivity contribution is 5.63. The molecule has 3 N–H and O–H groups in total. The standard InChI is InChI=1S/C14H17FN4/c15-11-3-1-2-10(8-11)13-9-14(18-17-13)19-6-4-12(16)5-7-19/h1-3,8-9,12H,4-7,16H2,(H,17,18). The van der Waals surface area contributed by atoms with Crippen LogP contribution in [0.3, 0.4) is 0 Å². The first kappa shape index (κ1) is 12.2. The van der Waals surface area contributed by atoms with Crippen LogP contribution in [0.5, 0.6) is 0 Å². The minimum absolute atomic E-state index is 0.238. The molecule has 2 aromatic rings. The summed E-state index contributed by atoms with van der Waals surface area (Å²) in [4.78, 5) is 2.21. The molecule has 0 bridgehead atoms. The smallest absolute Gasteiger partial charge is 0.150 e. The summed E-state index contributed by atoms with van der Waals surface area (Å²) in [6, 6.07) is 8.78.